The van der Waals surface area contributed by atoms with E-state index >= 15 is 0 Å². The number of hydrogen-bond donors (Lipinski definition) is 1. The number of carbonyl (C=O) groups excluding carboxylic acids is 1. The summed E-state index contributed by atoms with van der Waals surface area (Å²) in [5, 5.41) is 9.39. The molecule has 1 unspecified atom stereocenters. The van der Waals surface area contributed by atoms with Crippen molar-refractivity contribution in [3.05, 3.63) is 41.2 Å². The first kappa shape index (κ1) is 22.4. The van der Waals surface area contributed by atoms with Crippen molar-refractivity contribution in [3.8, 4) is 6.01 Å². The Hall–Kier alpha value is -2.94. The van der Waals surface area contributed by atoms with Crippen LogP contribution in [0.15, 0.2) is 30.3 Å². The maximum absolute atomic E-state index is 12.8. The predicted octanol–water partition coefficient (Wildman–Crippen LogP) is 3.42. The smallest absolute Gasteiger partial charge is 0.417 e. The first-order chi connectivity index (χ1) is 13.8. The minimum atomic E-state index is -1.04. The lowest BCUT2D eigenvalue weighted by atomic mass is 9.97. The number of aliphatic carboxylic acids is 1. The van der Waals surface area contributed by atoms with Gasteiger partial charge in [-0.3, -0.25) is 4.79 Å². The summed E-state index contributed by atoms with van der Waals surface area (Å²) in [6.45, 7) is 3.62. The average molecular weight is 423 g/mol. The number of nitrogens with zero attached hydrogens (tertiary/aromatic N) is 4. The molecule has 0 aliphatic heterocycles. The lowest BCUT2D eigenvalue weighted by Gasteiger charge is -2.24. The number of carboxylic acids is 1. The summed E-state index contributed by atoms with van der Waals surface area (Å²) in [7, 11) is 1.34. The Bertz CT molecular complexity index is 835. The first-order valence-corrected chi connectivity index (χ1v) is 9.34. The van der Waals surface area contributed by atoms with Gasteiger partial charge in [0.25, 0.3) is 0 Å². The fourth-order valence-corrected chi connectivity index (χ4v) is 2.76. The van der Waals surface area contributed by atoms with E-state index in [9.17, 15) is 14.7 Å². The molecule has 2 aromatic rings. The molecule has 0 fully saturated rings. The summed E-state index contributed by atoms with van der Waals surface area (Å²) in [5.41, 5.74) is 0.782. The molecule has 156 valence electrons. The van der Waals surface area contributed by atoms with Crippen LogP contribution in [0.3, 0.4) is 0 Å². The van der Waals surface area contributed by atoms with E-state index in [-0.39, 0.29) is 36.3 Å². The van der Waals surface area contributed by atoms with Gasteiger partial charge in [-0.2, -0.15) is 15.0 Å². The zero-order chi connectivity index (χ0) is 21.4. The van der Waals surface area contributed by atoms with Crippen molar-refractivity contribution in [1.82, 2.24) is 15.0 Å². The normalized spacial score (nSPS) is 11.8. The Kier molecular flexibility index (Phi) is 8.14. The fourth-order valence-electron chi connectivity index (χ4n) is 2.61. The van der Waals surface area contributed by atoms with Gasteiger partial charge in [-0.15, -0.1) is 0 Å². The predicted molar refractivity (Wildman–Crippen MR) is 106 cm³/mol. The zero-order valence-corrected chi connectivity index (χ0v) is 17.2. The third-order valence-corrected chi connectivity index (χ3v) is 4.10. The molecule has 10 heteroatoms. The van der Waals surface area contributed by atoms with Gasteiger partial charge in [0.05, 0.1) is 13.0 Å². The minimum absolute atomic E-state index is 0.00798. The van der Waals surface area contributed by atoms with Gasteiger partial charge in [0, 0.05) is 6.54 Å². The Balaban J connectivity index is 2.29. The van der Waals surface area contributed by atoms with Crippen molar-refractivity contribution in [2.75, 3.05) is 18.6 Å². The van der Waals surface area contributed by atoms with Crippen LogP contribution in [0.4, 0.5) is 10.7 Å². The number of carboxylic acid groups (broad SMARTS) is 1. The van der Waals surface area contributed by atoms with E-state index in [4.69, 9.17) is 21.1 Å². The second-order valence-corrected chi connectivity index (χ2v) is 7.04. The lowest BCUT2D eigenvalue weighted by molar-refractivity contribution is -0.141. The summed E-state index contributed by atoms with van der Waals surface area (Å²) in [4.78, 5) is 37.3. The van der Waals surface area contributed by atoms with E-state index in [1.54, 1.807) is 12.1 Å². The maximum Gasteiger partial charge on any atom is 0.417 e. The lowest BCUT2D eigenvalue weighted by Crippen LogP contribution is -2.40. The van der Waals surface area contributed by atoms with Crippen LogP contribution in [0.5, 0.6) is 6.01 Å². The quantitative estimate of drug-likeness (QED) is 0.653. The van der Waals surface area contributed by atoms with Gasteiger partial charge >= 0.3 is 18.1 Å². The Morgan fingerprint density at radius 1 is 1.17 bits per heavy atom. The Morgan fingerprint density at radius 2 is 1.86 bits per heavy atom. The molecule has 0 saturated heterocycles. The van der Waals surface area contributed by atoms with Gasteiger partial charge < -0.3 is 14.6 Å². The van der Waals surface area contributed by atoms with Crippen LogP contribution < -0.4 is 9.64 Å². The van der Waals surface area contributed by atoms with Gasteiger partial charge in [0.2, 0.25) is 11.2 Å². The fraction of sp³-hybridized carbons (Fsp3) is 0.421. The van der Waals surface area contributed by atoms with Crippen LogP contribution in [0.1, 0.15) is 25.8 Å². The van der Waals surface area contributed by atoms with Crippen LogP contribution in [0.2, 0.25) is 5.28 Å². The van der Waals surface area contributed by atoms with E-state index < -0.39 is 18.0 Å². The highest BCUT2D eigenvalue weighted by Crippen LogP contribution is 2.21. The third kappa shape index (κ3) is 6.86. The molecule has 9 nitrogen and oxygen atoms in total. The molecular formula is C19H23ClN4O5. The summed E-state index contributed by atoms with van der Waals surface area (Å²) in [5.74, 6) is -1.92. The maximum atomic E-state index is 12.8. The molecule has 0 spiro atoms. The summed E-state index contributed by atoms with van der Waals surface area (Å²) >= 11 is 5.90. The number of halogens is 1. The summed E-state index contributed by atoms with van der Waals surface area (Å²) < 4.78 is 10.3. The largest absolute Gasteiger partial charge is 0.481 e. The molecule has 1 atom stereocenters. The first-order valence-electron chi connectivity index (χ1n) is 8.96. The van der Waals surface area contributed by atoms with Crippen molar-refractivity contribution in [1.29, 1.82) is 0 Å². The summed E-state index contributed by atoms with van der Waals surface area (Å²) in [6.07, 6.45) is -0.443. The molecule has 0 bridgehead atoms. The van der Waals surface area contributed by atoms with E-state index in [1.807, 2.05) is 32.0 Å². The monoisotopic (exact) mass is 422 g/mol. The van der Waals surface area contributed by atoms with Crippen LogP contribution in [0.25, 0.3) is 0 Å². The Labute approximate surface area is 173 Å². The number of amides is 1. The molecule has 1 aromatic carbocycles. The van der Waals surface area contributed by atoms with Crippen molar-refractivity contribution in [2.45, 2.75) is 26.9 Å². The molecule has 0 aliphatic carbocycles. The van der Waals surface area contributed by atoms with Crippen LogP contribution in [-0.2, 0) is 16.1 Å². The summed E-state index contributed by atoms with van der Waals surface area (Å²) in [6, 6.07) is 9.00. The van der Waals surface area contributed by atoms with Gasteiger partial charge in [-0.05, 0) is 29.5 Å². The van der Waals surface area contributed by atoms with E-state index in [2.05, 4.69) is 15.0 Å². The molecule has 1 heterocycles. The Morgan fingerprint density at radius 3 is 2.45 bits per heavy atom. The molecule has 0 radical (unpaired) electrons. The van der Waals surface area contributed by atoms with Crippen LogP contribution >= 0.6 is 11.6 Å². The minimum Gasteiger partial charge on any atom is -0.481 e. The van der Waals surface area contributed by atoms with E-state index in [0.717, 1.165) is 10.5 Å². The number of anilines is 1. The van der Waals surface area contributed by atoms with Gasteiger partial charge in [0.15, 0.2) is 0 Å². The van der Waals surface area contributed by atoms with E-state index in [0.29, 0.717) is 6.42 Å². The number of methoxy groups -OCH3 is 1. The molecule has 1 N–H and O–H groups in total. The van der Waals surface area contributed by atoms with Crippen molar-refractivity contribution < 1.29 is 24.2 Å². The molecule has 0 saturated carbocycles. The molecule has 1 amide bonds. The number of benzene rings is 1. The highest BCUT2D eigenvalue weighted by Gasteiger charge is 2.29. The van der Waals surface area contributed by atoms with Gasteiger partial charge in [-0.1, -0.05) is 44.2 Å². The standard InChI is InChI=1S/C19H23ClN4O5/c1-12(2)9-14(15(25)26)10-24(17-21-16(20)22-18(23-17)28-3)19(27)29-11-13-7-5-4-6-8-13/h4-8,12,14H,9-11H2,1-3H3,(H,25,26). The second kappa shape index (κ2) is 10.6. The van der Waals surface area contributed by atoms with Crippen LogP contribution in [0, 0.1) is 11.8 Å². The van der Waals surface area contributed by atoms with Crippen molar-refractivity contribution in [3.63, 3.8) is 0 Å². The van der Waals surface area contributed by atoms with E-state index in [1.165, 1.54) is 7.11 Å². The topological polar surface area (TPSA) is 115 Å². The van der Waals surface area contributed by atoms with Crippen LogP contribution in [-0.4, -0.2) is 45.8 Å². The average Bonchev–Trinajstić information content (AvgIpc) is 2.69. The number of hydrogen-bond acceptors (Lipinski definition) is 7. The van der Waals surface area contributed by atoms with Gasteiger partial charge in [0.1, 0.15) is 6.61 Å². The molecular weight excluding hydrogens is 400 g/mol. The molecule has 29 heavy (non-hydrogen) atoms. The molecule has 0 aliphatic rings. The SMILES string of the molecule is COc1nc(Cl)nc(N(CC(CC(C)C)C(=O)O)C(=O)OCc2ccccc2)n1. The number of carbonyl (C=O) groups is 2. The molecule has 1 aromatic heterocycles. The number of aromatic nitrogens is 3. The zero-order valence-electron chi connectivity index (χ0n) is 16.4. The second-order valence-electron chi connectivity index (χ2n) is 6.71. The third-order valence-electron chi connectivity index (χ3n) is 3.93. The van der Waals surface area contributed by atoms with Gasteiger partial charge in [-0.25, -0.2) is 9.69 Å². The highest BCUT2D eigenvalue weighted by atomic mass is 35.5. The van der Waals surface area contributed by atoms with Crippen molar-refractivity contribution in [2.24, 2.45) is 11.8 Å². The highest BCUT2D eigenvalue weighted by molar-refractivity contribution is 6.28. The van der Waals surface area contributed by atoms with Crippen molar-refractivity contribution >= 4 is 29.6 Å². The number of ether oxygens (including phenoxy) is 2. The number of rotatable bonds is 9. The molecule has 2 rings (SSSR count).